The molecule has 6 unspecified atom stereocenters. The third-order valence-corrected chi connectivity index (χ3v) is 7.21. The maximum Gasteiger partial charge on any atom is 0.346 e. The van der Waals surface area contributed by atoms with Gasteiger partial charge >= 0.3 is 23.9 Å². The van der Waals surface area contributed by atoms with Crippen LogP contribution in [0.3, 0.4) is 0 Å². The zero-order chi connectivity index (χ0) is 35.3. The zero-order valence-electron chi connectivity index (χ0n) is 29.5. The molecule has 2 aliphatic rings. The van der Waals surface area contributed by atoms with Crippen molar-refractivity contribution in [2.75, 3.05) is 0 Å². The van der Waals surface area contributed by atoms with Crippen LogP contribution in [0.1, 0.15) is 122 Å². The second-order valence-electron chi connectivity index (χ2n) is 16.2. The Balaban J connectivity index is 2.25. The molecular weight excluding hydrogens is 604 g/mol. The summed E-state index contributed by atoms with van der Waals surface area (Å²) in [7, 11) is 0. The van der Waals surface area contributed by atoms with Gasteiger partial charge in [0.1, 0.15) is 28.2 Å². The highest BCUT2D eigenvalue weighted by Crippen LogP contribution is 2.42. The lowest BCUT2D eigenvalue weighted by atomic mass is 9.66. The summed E-state index contributed by atoms with van der Waals surface area (Å²) < 4.78 is 0. The molecule has 13 heteroatoms. The molecule has 13 nitrogen and oxygen atoms in total. The molecule has 0 aromatic heterocycles. The fraction of sp³-hybridized carbons (Fsp3) is 0.848. The maximum absolute atomic E-state index is 13.9. The highest BCUT2D eigenvalue weighted by Gasteiger charge is 2.49. The second-order valence-corrected chi connectivity index (χ2v) is 16.2. The van der Waals surface area contributed by atoms with Crippen LogP contribution in [0.2, 0.25) is 0 Å². The van der Waals surface area contributed by atoms with Gasteiger partial charge in [0.25, 0.3) is 0 Å². The van der Waals surface area contributed by atoms with Gasteiger partial charge in [0, 0.05) is 11.8 Å². The Labute approximate surface area is 272 Å². The van der Waals surface area contributed by atoms with Gasteiger partial charge in [-0.15, -0.1) is 0 Å². The number of carbonyl (C=O) groups is 5. The van der Waals surface area contributed by atoms with Gasteiger partial charge in [0.15, 0.2) is 0 Å². The van der Waals surface area contributed by atoms with Crippen molar-refractivity contribution in [3.8, 4) is 0 Å². The third-order valence-electron chi connectivity index (χ3n) is 7.21. The predicted molar refractivity (Wildman–Crippen MR) is 161 cm³/mol. The molecule has 0 heterocycles. The van der Waals surface area contributed by atoms with E-state index in [0.29, 0.717) is 12.8 Å². The lowest BCUT2D eigenvalue weighted by Gasteiger charge is -2.37. The number of carbonyl (C=O) groups excluding carboxylic acids is 5. The molecule has 46 heavy (non-hydrogen) atoms. The summed E-state index contributed by atoms with van der Waals surface area (Å²) in [6.45, 7) is 20.5. The van der Waals surface area contributed by atoms with Crippen LogP contribution in [-0.2, 0) is 63.1 Å². The Bertz CT molecular complexity index is 1000. The minimum absolute atomic E-state index is 0.00406. The third kappa shape index (κ3) is 13.2. The van der Waals surface area contributed by atoms with Gasteiger partial charge in [0.05, 0.1) is 23.7 Å². The van der Waals surface area contributed by atoms with Crippen molar-refractivity contribution < 1.29 is 63.1 Å². The van der Waals surface area contributed by atoms with E-state index in [1.807, 2.05) is 0 Å². The van der Waals surface area contributed by atoms with Crippen molar-refractivity contribution in [2.45, 2.75) is 144 Å². The van der Waals surface area contributed by atoms with Gasteiger partial charge in [-0.1, -0.05) is 0 Å². The lowest BCUT2D eigenvalue weighted by Crippen LogP contribution is -2.44. The molecule has 264 valence electrons. The van der Waals surface area contributed by atoms with E-state index in [4.69, 9.17) is 39.1 Å². The SMILES string of the molecule is CC(C)(C)OOC(=O)C1CCC(C(=O)C2CCC(C(=O)OOC(C)(C)C)C(C(=O)OOC(C)(C)C)C2)CC1C(=O)OOC(C)(C)C. The van der Waals surface area contributed by atoms with Crippen LogP contribution in [0, 0.1) is 35.5 Å². The molecule has 0 N–H and O–H groups in total. The summed E-state index contributed by atoms with van der Waals surface area (Å²) in [6, 6.07) is 0. The fourth-order valence-corrected chi connectivity index (χ4v) is 5.19. The highest BCUT2D eigenvalue weighted by molar-refractivity contribution is 5.88. The Morgan fingerprint density at radius 1 is 0.391 bits per heavy atom. The van der Waals surface area contributed by atoms with E-state index in [1.54, 1.807) is 83.1 Å². The number of rotatable bonds is 10. The summed E-state index contributed by atoms with van der Waals surface area (Å²) in [6.07, 6.45) is 0.918. The smallest absolute Gasteiger partial charge is 0.299 e. The first-order valence-corrected chi connectivity index (χ1v) is 16.0. The van der Waals surface area contributed by atoms with Crippen molar-refractivity contribution in [1.82, 2.24) is 0 Å². The molecule has 0 saturated heterocycles. The quantitative estimate of drug-likeness (QED) is 0.208. The summed E-state index contributed by atoms with van der Waals surface area (Å²) in [5, 5.41) is 0. The lowest BCUT2D eigenvalue weighted by molar-refractivity contribution is -0.331. The highest BCUT2D eigenvalue weighted by atomic mass is 17.2. The fourth-order valence-electron chi connectivity index (χ4n) is 5.19. The largest absolute Gasteiger partial charge is 0.346 e. The molecule has 0 bridgehead atoms. The molecule has 0 spiro atoms. The van der Waals surface area contributed by atoms with E-state index < -0.39 is 81.8 Å². The first-order chi connectivity index (χ1) is 20.9. The van der Waals surface area contributed by atoms with Gasteiger partial charge in [-0.2, -0.15) is 19.6 Å². The summed E-state index contributed by atoms with van der Waals surface area (Å²) in [5.41, 5.74) is -3.15. The van der Waals surface area contributed by atoms with Crippen LogP contribution in [-0.4, -0.2) is 52.1 Å². The summed E-state index contributed by atoms with van der Waals surface area (Å²) in [4.78, 5) is 108. The molecule has 2 rings (SSSR count). The van der Waals surface area contributed by atoms with Crippen LogP contribution in [0.15, 0.2) is 0 Å². The standard InChI is InChI=1S/C33H54O13/c1-30(2,3)43-39-26(35)21-15-13-19(17-23(21)28(37)41-45-32(7,8)9)25(34)20-14-16-22(27(36)40-44-31(4,5)6)24(18-20)29(38)42-46-33(10,11)12/h19-24H,13-18H2,1-12H3. The van der Waals surface area contributed by atoms with Crippen molar-refractivity contribution >= 4 is 29.7 Å². The Hall–Kier alpha value is -2.61. The molecule has 0 radical (unpaired) electrons. The van der Waals surface area contributed by atoms with Crippen LogP contribution < -0.4 is 0 Å². The van der Waals surface area contributed by atoms with Crippen LogP contribution in [0.25, 0.3) is 0 Å². The van der Waals surface area contributed by atoms with Crippen LogP contribution in [0.5, 0.6) is 0 Å². The van der Waals surface area contributed by atoms with E-state index in [1.165, 1.54) is 0 Å². The van der Waals surface area contributed by atoms with Gasteiger partial charge in [-0.3, -0.25) is 24.3 Å². The average Bonchev–Trinajstić information content (AvgIpc) is 2.93. The van der Waals surface area contributed by atoms with Gasteiger partial charge in [-0.25, -0.2) is 19.2 Å². The molecule has 0 aliphatic heterocycles. The van der Waals surface area contributed by atoms with Crippen LogP contribution in [0.4, 0.5) is 0 Å². The first-order valence-electron chi connectivity index (χ1n) is 16.0. The van der Waals surface area contributed by atoms with E-state index in [-0.39, 0.29) is 31.5 Å². The maximum atomic E-state index is 13.9. The molecular formula is C33H54O13. The molecule has 2 saturated carbocycles. The molecule has 0 amide bonds. The van der Waals surface area contributed by atoms with Crippen LogP contribution >= 0.6 is 0 Å². The Morgan fingerprint density at radius 3 is 0.870 bits per heavy atom. The van der Waals surface area contributed by atoms with Crippen molar-refractivity contribution in [3.05, 3.63) is 0 Å². The molecule has 0 aromatic rings. The second kappa shape index (κ2) is 15.5. The number of ketones is 1. The van der Waals surface area contributed by atoms with E-state index >= 15 is 0 Å². The minimum Gasteiger partial charge on any atom is -0.299 e. The monoisotopic (exact) mass is 658 g/mol. The van der Waals surface area contributed by atoms with Crippen molar-refractivity contribution in [3.63, 3.8) is 0 Å². The van der Waals surface area contributed by atoms with E-state index in [0.717, 1.165) is 0 Å². The van der Waals surface area contributed by atoms with Gasteiger partial charge in [-0.05, 0) is 122 Å². The zero-order valence-corrected chi connectivity index (χ0v) is 29.5. The van der Waals surface area contributed by atoms with Crippen molar-refractivity contribution in [1.29, 1.82) is 0 Å². The number of hydrogen-bond donors (Lipinski definition) is 0. The average molecular weight is 659 g/mol. The normalized spacial score (nSPS) is 26.1. The first kappa shape index (κ1) is 39.6. The Kier molecular flexibility index (Phi) is 13.4. The minimum atomic E-state index is -1.04. The van der Waals surface area contributed by atoms with E-state index in [9.17, 15) is 24.0 Å². The predicted octanol–water partition coefficient (Wildman–Crippen LogP) is 5.71. The van der Waals surface area contributed by atoms with E-state index in [2.05, 4.69) is 0 Å². The Morgan fingerprint density at radius 2 is 0.630 bits per heavy atom. The molecule has 0 aromatic carbocycles. The molecule has 2 aliphatic carbocycles. The van der Waals surface area contributed by atoms with Gasteiger partial charge < -0.3 is 0 Å². The molecule has 2 fully saturated rings. The van der Waals surface area contributed by atoms with Gasteiger partial charge in [0.2, 0.25) is 0 Å². The summed E-state index contributed by atoms with van der Waals surface area (Å²) in [5.74, 6) is -8.42. The number of hydrogen-bond acceptors (Lipinski definition) is 13. The summed E-state index contributed by atoms with van der Waals surface area (Å²) >= 11 is 0. The topological polar surface area (TPSA) is 159 Å². The molecule has 6 atom stereocenters. The number of Topliss-reactive ketones (excluding diaryl/α,β-unsaturated/α-hetero) is 1. The van der Waals surface area contributed by atoms with Crippen molar-refractivity contribution in [2.24, 2.45) is 35.5 Å².